The fourth-order valence-electron chi connectivity index (χ4n) is 1.32. The standard InChI is InChI=1S/C10H18N2/c1-3-4-5-6-7-12-8-10(2)11-9-12/h8-9H,3-7H2,1-2H3. The molecule has 2 heteroatoms. The molecular formula is C10H18N2. The lowest BCUT2D eigenvalue weighted by atomic mass is 10.2. The number of unbranched alkanes of at least 4 members (excludes halogenated alkanes) is 3. The van der Waals surface area contributed by atoms with E-state index in [1.807, 2.05) is 13.3 Å². The van der Waals surface area contributed by atoms with Crippen LogP contribution in [-0.2, 0) is 6.54 Å². The Hall–Kier alpha value is -0.790. The molecule has 0 fully saturated rings. The quantitative estimate of drug-likeness (QED) is 0.615. The van der Waals surface area contributed by atoms with Crippen LogP contribution in [0.4, 0.5) is 0 Å². The highest BCUT2D eigenvalue weighted by Crippen LogP contribution is 2.02. The summed E-state index contributed by atoms with van der Waals surface area (Å²) in [6.45, 7) is 5.39. The Labute approximate surface area is 74.6 Å². The van der Waals surface area contributed by atoms with E-state index in [0.717, 1.165) is 12.2 Å². The molecule has 1 aromatic rings. The highest BCUT2D eigenvalue weighted by molar-refractivity contribution is 4.91. The third-order valence-corrected chi connectivity index (χ3v) is 2.03. The van der Waals surface area contributed by atoms with Gasteiger partial charge in [-0.2, -0.15) is 0 Å². The maximum Gasteiger partial charge on any atom is 0.0949 e. The van der Waals surface area contributed by atoms with Crippen LogP contribution in [0.3, 0.4) is 0 Å². The second-order valence-corrected chi connectivity index (χ2v) is 3.31. The molecule has 0 saturated heterocycles. The Morgan fingerprint density at radius 3 is 2.75 bits per heavy atom. The summed E-state index contributed by atoms with van der Waals surface area (Å²) in [5.74, 6) is 0. The number of hydrogen-bond acceptors (Lipinski definition) is 1. The van der Waals surface area contributed by atoms with E-state index in [9.17, 15) is 0 Å². The lowest BCUT2D eigenvalue weighted by molar-refractivity contribution is 0.582. The molecule has 0 amide bonds. The number of imidazole rings is 1. The number of rotatable bonds is 5. The monoisotopic (exact) mass is 166 g/mol. The zero-order valence-corrected chi connectivity index (χ0v) is 8.08. The van der Waals surface area contributed by atoms with Crippen molar-refractivity contribution in [2.45, 2.75) is 46.1 Å². The van der Waals surface area contributed by atoms with Crippen molar-refractivity contribution in [1.29, 1.82) is 0 Å². The maximum absolute atomic E-state index is 4.18. The van der Waals surface area contributed by atoms with E-state index < -0.39 is 0 Å². The molecule has 0 bridgehead atoms. The molecule has 1 aromatic heterocycles. The topological polar surface area (TPSA) is 17.8 Å². The van der Waals surface area contributed by atoms with Crippen LogP contribution in [-0.4, -0.2) is 9.55 Å². The summed E-state index contributed by atoms with van der Waals surface area (Å²) in [6.07, 6.45) is 9.31. The van der Waals surface area contributed by atoms with Gasteiger partial charge in [-0.1, -0.05) is 26.2 Å². The molecule has 0 saturated carbocycles. The molecule has 68 valence electrons. The predicted molar refractivity (Wildman–Crippen MR) is 51.1 cm³/mol. The van der Waals surface area contributed by atoms with Gasteiger partial charge in [0.15, 0.2) is 0 Å². The van der Waals surface area contributed by atoms with Gasteiger partial charge in [0.25, 0.3) is 0 Å². The smallest absolute Gasteiger partial charge is 0.0949 e. The first-order valence-corrected chi connectivity index (χ1v) is 4.81. The third kappa shape index (κ3) is 3.07. The summed E-state index contributed by atoms with van der Waals surface area (Å²) in [4.78, 5) is 4.18. The molecule has 0 aliphatic carbocycles. The summed E-state index contributed by atoms with van der Waals surface area (Å²) < 4.78 is 2.17. The largest absolute Gasteiger partial charge is 0.337 e. The fourth-order valence-corrected chi connectivity index (χ4v) is 1.32. The van der Waals surface area contributed by atoms with E-state index in [1.54, 1.807) is 0 Å². The van der Waals surface area contributed by atoms with Gasteiger partial charge in [-0.15, -0.1) is 0 Å². The van der Waals surface area contributed by atoms with Gasteiger partial charge in [0.1, 0.15) is 0 Å². The molecule has 0 aromatic carbocycles. The lowest BCUT2D eigenvalue weighted by Gasteiger charge is -2.00. The molecule has 0 spiro atoms. The summed E-state index contributed by atoms with van der Waals surface area (Å²) in [5.41, 5.74) is 1.12. The molecule has 0 aliphatic heterocycles. The molecule has 0 N–H and O–H groups in total. The first-order valence-electron chi connectivity index (χ1n) is 4.81. The van der Waals surface area contributed by atoms with Crippen LogP contribution in [0.25, 0.3) is 0 Å². The fraction of sp³-hybridized carbons (Fsp3) is 0.700. The lowest BCUT2D eigenvalue weighted by Crippen LogP contribution is -1.93. The van der Waals surface area contributed by atoms with Crippen molar-refractivity contribution in [3.8, 4) is 0 Å². The number of nitrogens with zero attached hydrogens (tertiary/aromatic N) is 2. The van der Waals surface area contributed by atoms with Crippen molar-refractivity contribution < 1.29 is 0 Å². The second-order valence-electron chi connectivity index (χ2n) is 3.31. The number of aromatic nitrogens is 2. The third-order valence-electron chi connectivity index (χ3n) is 2.03. The SMILES string of the molecule is CCCCCCn1cnc(C)c1. The van der Waals surface area contributed by atoms with Crippen molar-refractivity contribution in [2.75, 3.05) is 0 Å². The minimum atomic E-state index is 1.12. The van der Waals surface area contributed by atoms with Gasteiger partial charge in [0, 0.05) is 12.7 Å². The van der Waals surface area contributed by atoms with Crippen molar-refractivity contribution in [2.24, 2.45) is 0 Å². The Kier molecular flexibility index (Phi) is 3.85. The molecule has 0 unspecified atom stereocenters. The molecule has 0 aliphatic rings. The molecular weight excluding hydrogens is 148 g/mol. The van der Waals surface area contributed by atoms with Crippen LogP contribution in [0.1, 0.15) is 38.3 Å². The first-order chi connectivity index (χ1) is 5.83. The average Bonchev–Trinajstić information content (AvgIpc) is 2.45. The van der Waals surface area contributed by atoms with Gasteiger partial charge in [0.05, 0.1) is 12.0 Å². The van der Waals surface area contributed by atoms with Crippen molar-refractivity contribution >= 4 is 0 Å². The Morgan fingerprint density at radius 1 is 1.33 bits per heavy atom. The van der Waals surface area contributed by atoms with Gasteiger partial charge in [-0.25, -0.2) is 4.98 Å². The summed E-state index contributed by atoms with van der Waals surface area (Å²) in [5, 5.41) is 0. The van der Waals surface area contributed by atoms with E-state index in [4.69, 9.17) is 0 Å². The van der Waals surface area contributed by atoms with Gasteiger partial charge < -0.3 is 4.57 Å². The van der Waals surface area contributed by atoms with E-state index in [-0.39, 0.29) is 0 Å². The summed E-state index contributed by atoms with van der Waals surface area (Å²) >= 11 is 0. The van der Waals surface area contributed by atoms with Crippen molar-refractivity contribution in [1.82, 2.24) is 9.55 Å². The van der Waals surface area contributed by atoms with Crippen molar-refractivity contribution in [3.05, 3.63) is 18.2 Å². The summed E-state index contributed by atoms with van der Waals surface area (Å²) in [6, 6.07) is 0. The second kappa shape index (κ2) is 4.96. The van der Waals surface area contributed by atoms with Crippen LogP contribution in [0.15, 0.2) is 12.5 Å². The highest BCUT2D eigenvalue weighted by Gasteiger charge is 1.92. The maximum atomic E-state index is 4.18. The van der Waals surface area contributed by atoms with E-state index in [1.165, 1.54) is 25.7 Å². The summed E-state index contributed by atoms with van der Waals surface area (Å²) in [7, 11) is 0. The molecule has 12 heavy (non-hydrogen) atoms. The van der Waals surface area contributed by atoms with Gasteiger partial charge >= 0.3 is 0 Å². The Morgan fingerprint density at radius 2 is 2.17 bits per heavy atom. The predicted octanol–water partition coefficient (Wildman–Crippen LogP) is 2.77. The van der Waals surface area contributed by atoms with Gasteiger partial charge in [-0.3, -0.25) is 0 Å². The molecule has 1 rings (SSSR count). The average molecular weight is 166 g/mol. The van der Waals surface area contributed by atoms with E-state index in [0.29, 0.717) is 0 Å². The van der Waals surface area contributed by atoms with Crippen LogP contribution in [0, 0.1) is 6.92 Å². The van der Waals surface area contributed by atoms with Gasteiger partial charge in [-0.05, 0) is 13.3 Å². The zero-order chi connectivity index (χ0) is 8.81. The first kappa shape index (κ1) is 9.30. The molecule has 0 atom stereocenters. The molecule has 2 nitrogen and oxygen atoms in total. The number of hydrogen-bond donors (Lipinski definition) is 0. The Bertz CT molecular complexity index is 215. The Balaban J connectivity index is 2.15. The highest BCUT2D eigenvalue weighted by atomic mass is 15.0. The number of aryl methyl sites for hydroxylation is 2. The molecule has 0 radical (unpaired) electrons. The molecule has 1 heterocycles. The zero-order valence-electron chi connectivity index (χ0n) is 8.08. The van der Waals surface area contributed by atoms with Crippen LogP contribution in [0.5, 0.6) is 0 Å². The minimum absolute atomic E-state index is 1.12. The normalized spacial score (nSPS) is 10.5. The minimum Gasteiger partial charge on any atom is -0.337 e. The van der Waals surface area contributed by atoms with Crippen LogP contribution < -0.4 is 0 Å². The van der Waals surface area contributed by atoms with Crippen molar-refractivity contribution in [3.63, 3.8) is 0 Å². The van der Waals surface area contributed by atoms with Crippen LogP contribution >= 0.6 is 0 Å². The van der Waals surface area contributed by atoms with E-state index >= 15 is 0 Å². The van der Waals surface area contributed by atoms with Gasteiger partial charge in [0.2, 0.25) is 0 Å². The van der Waals surface area contributed by atoms with E-state index in [2.05, 4.69) is 22.7 Å². The van der Waals surface area contributed by atoms with Crippen LogP contribution in [0.2, 0.25) is 0 Å².